The summed E-state index contributed by atoms with van der Waals surface area (Å²) in [5.74, 6) is 0. The van der Waals surface area contributed by atoms with E-state index in [1.165, 1.54) is 12.1 Å². The van der Waals surface area contributed by atoms with Crippen molar-refractivity contribution in [2.45, 2.75) is 13.8 Å². The molecule has 0 fully saturated rings. The first-order valence-corrected chi connectivity index (χ1v) is 9.99. The minimum Gasteiger partial charge on any atom is -0.287 e. The van der Waals surface area contributed by atoms with Crippen LogP contribution in [0.4, 0.5) is 5.69 Å². The minimum atomic E-state index is -3.61. The van der Waals surface area contributed by atoms with Crippen molar-refractivity contribution < 1.29 is 23.1 Å². The number of hydrogen-bond donors (Lipinski definition) is 0. The smallest absolute Gasteiger partial charge is 0.287 e. The van der Waals surface area contributed by atoms with Crippen molar-refractivity contribution in [1.29, 1.82) is 0 Å². The highest BCUT2D eigenvalue weighted by Gasteiger charge is 2.24. The molecule has 0 aliphatic rings. The molecule has 0 saturated heterocycles. The monoisotopic (exact) mass is 391 g/mol. The molecule has 0 spiro atoms. The Morgan fingerprint density at radius 1 is 0.963 bits per heavy atom. The summed E-state index contributed by atoms with van der Waals surface area (Å²) in [6.45, 7) is 3.82. The van der Waals surface area contributed by atoms with Gasteiger partial charge < -0.3 is 0 Å². The third kappa shape index (κ3) is 6.12. The van der Waals surface area contributed by atoms with Gasteiger partial charge in [0.2, 0.25) is 0 Å². The number of nitrogens with zero attached hydrogens (tertiary/aromatic N) is 1. The van der Waals surface area contributed by atoms with Crippen LogP contribution >= 0.6 is 7.82 Å². The third-order valence-corrected chi connectivity index (χ3v) is 5.18. The Balaban J connectivity index is 2.29. The molecule has 0 heterocycles. The zero-order valence-corrected chi connectivity index (χ0v) is 16.1. The second-order valence-electron chi connectivity index (χ2n) is 5.37. The summed E-state index contributed by atoms with van der Waals surface area (Å²) in [5, 5.41) is 10.9. The highest BCUT2D eigenvalue weighted by molar-refractivity contribution is 7.48. The lowest BCUT2D eigenvalue weighted by molar-refractivity contribution is -0.384. The third-order valence-electron chi connectivity index (χ3n) is 3.57. The van der Waals surface area contributed by atoms with Gasteiger partial charge in [0.1, 0.15) is 0 Å². The van der Waals surface area contributed by atoms with Crippen LogP contribution in [0.2, 0.25) is 0 Å². The van der Waals surface area contributed by atoms with Gasteiger partial charge in [-0.2, -0.15) is 0 Å². The summed E-state index contributed by atoms with van der Waals surface area (Å²) in [4.78, 5) is 10.4. The summed E-state index contributed by atoms with van der Waals surface area (Å²) >= 11 is 0. The molecule has 0 saturated carbocycles. The van der Waals surface area contributed by atoms with Gasteiger partial charge in [0, 0.05) is 12.1 Å². The molecule has 0 N–H and O–H groups in total. The van der Waals surface area contributed by atoms with E-state index in [9.17, 15) is 14.7 Å². The molecular weight excluding hydrogens is 369 g/mol. The van der Waals surface area contributed by atoms with Crippen LogP contribution in [0.5, 0.6) is 0 Å². The van der Waals surface area contributed by atoms with E-state index in [0.29, 0.717) is 0 Å². The SMILES string of the molecule is CCOP(=O)(OCC)OC/C=C(/c1ccccc1)c1ccc([N+](=O)[O-])cc1. The Kier molecular flexibility index (Phi) is 7.88. The fourth-order valence-corrected chi connectivity index (χ4v) is 3.54. The van der Waals surface area contributed by atoms with Crippen molar-refractivity contribution in [3.05, 3.63) is 81.9 Å². The quantitative estimate of drug-likeness (QED) is 0.313. The fourth-order valence-electron chi connectivity index (χ4n) is 2.42. The summed E-state index contributed by atoms with van der Waals surface area (Å²) in [5.41, 5.74) is 2.49. The average Bonchev–Trinajstić information content (AvgIpc) is 2.66. The molecule has 0 aliphatic heterocycles. The van der Waals surface area contributed by atoms with Crippen molar-refractivity contribution in [1.82, 2.24) is 0 Å². The van der Waals surface area contributed by atoms with Crippen LogP contribution in [0.1, 0.15) is 25.0 Å². The number of nitro benzene ring substituents is 1. The van der Waals surface area contributed by atoms with E-state index in [2.05, 4.69) is 0 Å². The van der Waals surface area contributed by atoms with E-state index in [0.717, 1.165) is 16.7 Å². The van der Waals surface area contributed by atoms with Gasteiger partial charge in [0.15, 0.2) is 0 Å². The normalized spacial score (nSPS) is 12.1. The van der Waals surface area contributed by atoms with Crippen LogP contribution in [-0.2, 0) is 18.1 Å². The maximum Gasteiger partial charge on any atom is 0.475 e. The summed E-state index contributed by atoms with van der Waals surface area (Å²) in [6, 6.07) is 15.7. The number of benzene rings is 2. The Morgan fingerprint density at radius 3 is 2.04 bits per heavy atom. The van der Waals surface area contributed by atoms with E-state index in [1.54, 1.807) is 32.1 Å². The molecule has 0 amide bonds. The Labute approximate surface area is 158 Å². The van der Waals surface area contributed by atoms with Crippen molar-refractivity contribution in [2.75, 3.05) is 19.8 Å². The van der Waals surface area contributed by atoms with Crippen molar-refractivity contribution >= 4 is 19.1 Å². The van der Waals surface area contributed by atoms with E-state index in [-0.39, 0.29) is 25.5 Å². The van der Waals surface area contributed by atoms with Gasteiger partial charge >= 0.3 is 7.82 Å². The molecule has 0 aromatic heterocycles. The molecule has 8 heteroatoms. The lowest BCUT2D eigenvalue weighted by Crippen LogP contribution is -2.01. The van der Waals surface area contributed by atoms with Gasteiger partial charge in [0.25, 0.3) is 5.69 Å². The maximum atomic E-state index is 12.4. The van der Waals surface area contributed by atoms with Crippen molar-refractivity contribution in [3.8, 4) is 0 Å². The molecule has 0 atom stereocenters. The molecule has 2 rings (SSSR count). The Morgan fingerprint density at radius 2 is 1.52 bits per heavy atom. The zero-order valence-electron chi connectivity index (χ0n) is 15.2. The van der Waals surface area contributed by atoms with Gasteiger partial charge in [0.05, 0.1) is 24.7 Å². The Bertz CT molecular complexity index is 810. The maximum absolute atomic E-state index is 12.4. The first-order chi connectivity index (χ1) is 13.0. The van der Waals surface area contributed by atoms with Gasteiger partial charge in [-0.15, -0.1) is 0 Å². The van der Waals surface area contributed by atoms with Gasteiger partial charge in [-0.1, -0.05) is 30.3 Å². The Hall–Kier alpha value is -2.31. The van der Waals surface area contributed by atoms with E-state index >= 15 is 0 Å². The van der Waals surface area contributed by atoms with Gasteiger partial charge in [-0.05, 0) is 48.8 Å². The van der Waals surface area contributed by atoms with Crippen LogP contribution in [0.15, 0.2) is 60.7 Å². The molecule has 7 nitrogen and oxygen atoms in total. The lowest BCUT2D eigenvalue weighted by Gasteiger charge is -2.16. The van der Waals surface area contributed by atoms with Crippen LogP contribution in [-0.4, -0.2) is 24.7 Å². The molecule has 0 radical (unpaired) electrons. The molecule has 0 bridgehead atoms. The standard InChI is InChI=1S/C19H22NO6P/c1-3-24-27(23,25-4-2)26-15-14-19(16-8-6-5-7-9-16)17-10-12-18(13-11-17)20(21)22/h5-14H,3-4,15H2,1-2H3/b19-14-. The van der Waals surface area contributed by atoms with Crippen LogP contribution in [0.3, 0.4) is 0 Å². The molecule has 2 aromatic carbocycles. The lowest BCUT2D eigenvalue weighted by atomic mass is 9.97. The summed E-state index contributed by atoms with van der Waals surface area (Å²) in [6.07, 6.45) is 1.75. The van der Waals surface area contributed by atoms with Crippen molar-refractivity contribution in [3.63, 3.8) is 0 Å². The van der Waals surface area contributed by atoms with E-state index in [1.807, 2.05) is 30.3 Å². The minimum absolute atomic E-state index is 0.00150. The number of nitro groups is 1. The molecular formula is C19H22NO6P. The molecule has 0 unspecified atom stereocenters. The van der Waals surface area contributed by atoms with Crippen molar-refractivity contribution in [2.24, 2.45) is 0 Å². The first kappa shape index (κ1) is 21.0. The fraction of sp³-hybridized carbons (Fsp3) is 0.263. The number of hydrogen-bond acceptors (Lipinski definition) is 6. The second-order valence-corrected chi connectivity index (χ2v) is 7.04. The molecule has 144 valence electrons. The van der Waals surface area contributed by atoms with Gasteiger partial charge in [-0.25, -0.2) is 4.57 Å². The van der Waals surface area contributed by atoms with E-state index in [4.69, 9.17) is 13.6 Å². The highest BCUT2D eigenvalue weighted by Crippen LogP contribution is 2.49. The average molecular weight is 391 g/mol. The first-order valence-electron chi connectivity index (χ1n) is 8.53. The predicted octanol–water partition coefficient (Wildman–Crippen LogP) is 5.22. The number of non-ortho nitro benzene ring substituents is 1. The van der Waals surface area contributed by atoms with Crippen LogP contribution < -0.4 is 0 Å². The number of phosphoric ester groups is 1. The summed E-state index contributed by atoms with van der Waals surface area (Å²) < 4.78 is 28.0. The number of rotatable bonds is 10. The molecule has 27 heavy (non-hydrogen) atoms. The summed E-state index contributed by atoms with van der Waals surface area (Å²) in [7, 11) is -3.61. The zero-order chi connectivity index (χ0) is 19.7. The molecule has 0 aliphatic carbocycles. The largest absolute Gasteiger partial charge is 0.475 e. The second kappa shape index (κ2) is 10.1. The predicted molar refractivity (Wildman–Crippen MR) is 103 cm³/mol. The molecule has 2 aromatic rings. The van der Waals surface area contributed by atoms with Crippen LogP contribution in [0, 0.1) is 10.1 Å². The van der Waals surface area contributed by atoms with Crippen LogP contribution in [0.25, 0.3) is 5.57 Å². The van der Waals surface area contributed by atoms with Gasteiger partial charge in [-0.3, -0.25) is 23.7 Å². The number of phosphoric acid groups is 1. The highest BCUT2D eigenvalue weighted by atomic mass is 31.2. The van der Waals surface area contributed by atoms with E-state index < -0.39 is 12.7 Å². The topological polar surface area (TPSA) is 87.9 Å².